The van der Waals surface area contributed by atoms with Gasteiger partial charge in [-0.15, -0.1) is 0 Å². The van der Waals surface area contributed by atoms with Gasteiger partial charge in [-0.2, -0.15) is 0 Å². The fraction of sp³-hybridized carbons (Fsp3) is 0.357. The van der Waals surface area contributed by atoms with Crippen LogP contribution in [0.4, 0.5) is 0 Å². The molecule has 4 aliphatic carbocycles. The predicted molar refractivity (Wildman–Crippen MR) is 257 cm³/mol. The first-order valence-electron chi connectivity index (χ1n) is 24.4. The van der Waals surface area contributed by atoms with Gasteiger partial charge in [0, 0.05) is 79.6 Å². The Hall–Kier alpha value is -7.28. The van der Waals surface area contributed by atoms with E-state index in [9.17, 15) is 33.9 Å². The Balaban J connectivity index is 0.770. The van der Waals surface area contributed by atoms with Crippen molar-refractivity contribution >= 4 is 35.4 Å². The molecule has 0 radical (unpaired) electrons. The van der Waals surface area contributed by atoms with Crippen LogP contribution in [0, 0.1) is 23.7 Å². The van der Waals surface area contributed by atoms with Crippen molar-refractivity contribution in [3.05, 3.63) is 173 Å². The number of phenols is 1. The van der Waals surface area contributed by atoms with Crippen molar-refractivity contribution in [2.75, 3.05) is 26.2 Å². The molecular weight excluding hydrogens is 869 g/mol. The molecule has 12 atom stereocenters. The van der Waals surface area contributed by atoms with Gasteiger partial charge in [-0.3, -0.25) is 28.8 Å². The van der Waals surface area contributed by atoms with Crippen LogP contribution in [0.3, 0.4) is 0 Å². The van der Waals surface area contributed by atoms with Crippen molar-refractivity contribution in [3.63, 3.8) is 0 Å². The molecule has 2 heterocycles. The van der Waals surface area contributed by atoms with Crippen molar-refractivity contribution in [3.8, 4) is 5.75 Å². The highest BCUT2D eigenvalue weighted by Crippen LogP contribution is 2.45. The number of phenolic OH excluding ortho intramolecular Hbond substituents is 1. The molecule has 0 spiro atoms. The van der Waals surface area contributed by atoms with Crippen LogP contribution in [-0.4, -0.2) is 101 Å². The monoisotopic (exact) mass is 924 g/mol. The maximum atomic E-state index is 14.3. The van der Waals surface area contributed by atoms with Crippen LogP contribution in [0.1, 0.15) is 92.3 Å². The van der Waals surface area contributed by atoms with E-state index in [2.05, 4.69) is 21.3 Å². The molecule has 5 aromatic carbocycles. The van der Waals surface area contributed by atoms with E-state index in [0.717, 1.165) is 47.9 Å². The molecule has 13 nitrogen and oxygen atoms in total. The van der Waals surface area contributed by atoms with E-state index in [1.54, 1.807) is 0 Å². The summed E-state index contributed by atoms with van der Waals surface area (Å²) in [7, 11) is 0. The van der Waals surface area contributed by atoms with E-state index >= 15 is 0 Å². The molecule has 2 saturated heterocycles. The average molecular weight is 925 g/mol. The van der Waals surface area contributed by atoms with Crippen LogP contribution in [0.15, 0.2) is 140 Å². The lowest BCUT2D eigenvalue weighted by atomic mass is 9.94. The first-order valence-corrected chi connectivity index (χ1v) is 24.4. The number of amides is 6. The highest BCUT2D eigenvalue weighted by atomic mass is 16.3. The van der Waals surface area contributed by atoms with Crippen LogP contribution in [0.2, 0.25) is 0 Å². The molecule has 5 N–H and O–H groups in total. The highest BCUT2D eigenvalue weighted by molar-refractivity contribution is 6.02. The zero-order chi connectivity index (χ0) is 47.3. The summed E-state index contributed by atoms with van der Waals surface area (Å²) in [5, 5.41) is 24.0. The van der Waals surface area contributed by atoms with E-state index in [-0.39, 0.29) is 109 Å². The van der Waals surface area contributed by atoms with Crippen molar-refractivity contribution in [2.24, 2.45) is 23.7 Å². The Morgan fingerprint density at radius 3 is 0.971 bits per heavy atom. The number of hydrogen-bond donors (Lipinski definition) is 5. The van der Waals surface area contributed by atoms with Gasteiger partial charge < -0.3 is 36.2 Å². The zero-order valence-electron chi connectivity index (χ0n) is 38.2. The SMILES string of the molecule is O=C(N[C@H]1C[C@@H]1c1ccccc1)[C@@H]1CN(C(=O)c2ccc(C(=O)N3C[C@@H](C(=O)N[C@H]4C[C@@H]4c4ccccc4)[C@H](C(=O)N[C@H]4C[C@@H]4c4ccccc4)C3)c(O)c2)C[C@H]1C(=O)N[C@H]1C[C@@H]1c1ccccc1. The third-order valence-electron chi connectivity index (χ3n) is 15.4. The van der Waals surface area contributed by atoms with Gasteiger partial charge in [0.25, 0.3) is 11.8 Å². The second-order valence-electron chi connectivity index (χ2n) is 20.1. The number of nitrogens with zero attached hydrogens (tertiary/aromatic N) is 2. The van der Waals surface area contributed by atoms with Gasteiger partial charge in [-0.1, -0.05) is 121 Å². The molecular formula is C56H56N6O7. The van der Waals surface area contributed by atoms with Gasteiger partial charge in [0.2, 0.25) is 23.6 Å². The number of carbonyl (C=O) groups is 6. The number of rotatable bonds is 14. The Morgan fingerprint density at radius 1 is 0.391 bits per heavy atom. The summed E-state index contributed by atoms with van der Waals surface area (Å²) in [6, 6.07) is 43.7. The van der Waals surface area contributed by atoms with Crippen LogP contribution in [-0.2, 0) is 19.2 Å². The van der Waals surface area contributed by atoms with Gasteiger partial charge in [0.05, 0.1) is 29.2 Å². The molecule has 6 amide bonds. The lowest BCUT2D eigenvalue weighted by molar-refractivity contribution is -0.133. The largest absolute Gasteiger partial charge is 0.507 e. The minimum absolute atomic E-state index is 0.000287. The van der Waals surface area contributed by atoms with Gasteiger partial charge >= 0.3 is 0 Å². The van der Waals surface area contributed by atoms with Crippen LogP contribution < -0.4 is 21.3 Å². The number of aromatic hydroxyl groups is 1. The van der Waals surface area contributed by atoms with Crippen molar-refractivity contribution < 1.29 is 33.9 Å². The van der Waals surface area contributed by atoms with Gasteiger partial charge in [0.1, 0.15) is 5.75 Å². The summed E-state index contributed by atoms with van der Waals surface area (Å²) in [5.41, 5.74) is 4.56. The zero-order valence-corrected chi connectivity index (χ0v) is 38.2. The summed E-state index contributed by atoms with van der Waals surface area (Å²) in [6.07, 6.45) is 3.15. The number of nitrogens with one attached hydrogen (secondary N) is 4. The Morgan fingerprint density at radius 2 is 0.681 bits per heavy atom. The van der Waals surface area contributed by atoms with E-state index in [1.165, 1.54) is 28.0 Å². The molecule has 11 rings (SSSR count). The van der Waals surface area contributed by atoms with E-state index in [4.69, 9.17) is 0 Å². The molecule has 0 unspecified atom stereocenters. The molecule has 6 fully saturated rings. The molecule has 4 saturated carbocycles. The van der Waals surface area contributed by atoms with Gasteiger partial charge in [0.15, 0.2) is 0 Å². The first-order chi connectivity index (χ1) is 33.6. The molecule has 0 bridgehead atoms. The van der Waals surface area contributed by atoms with Crippen LogP contribution in [0.25, 0.3) is 0 Å². The summed E-state index contributed by atoms with van der Waals surface area (Å²) in [5.74, 6) is -5.15. The normalized spacial score (nSPS) is 29.3. The summed E-state index contributed by atoms with van der Waals surface area (Å²) < 4.78 is 0. The van der Waals surface area contributed by atoms with Gasteiger partial charge in [-0.05, 0) is 66.1 Å². The number of likely N-dealkylation sites (tertiary alicyclic amines) is 2. The van der Waals surface area contributed by atoms with E-state index < -0.39 is 41.2 Å². The number of carbonyl (C=O) groups excluding carboxylic acids is 6. The predicted octanol–water partition coefficient (Wildman–Crippen LogP) is 5.46. The van der Waals surface area contributed by atoms with Crippen molar-refractivity contribution in [2.45, 2.75) is 73.5 Å². The van der Waals surface area contributed by atoms with E-state index in [0.29, 0.717) is 0 Å². The highest BCUT2D eigenvalue weighted by Gasteiger charge is 2.51. The fourth-order valence-electron chi connectivity index (χ4n) is 11.1. The van der Waals surface area contributed by atoms with Crippen LogP contribution >= 0.6 is 0 Å². The lowest BCUT2D eigenvalue weighted by Gasteiger charge is -2.19. The summed E-state index contributed by atoms with van der Waals surface area (Å²) in [6.45, 7) is -0.0570. The molecule has 352 valence electrons. The molecule has 2 aliphatic heterocycles. The Kier molecular flexibility index (Phi) is 11.7. The molecule has 5 aromatic rings. The molecule has 0 aromatic heterocycles. The Labute approximate surface area is 401 Å². The smallest absolute Gasteiger partial charge is 0.257 e. The third-order valence-corrected chi connectivity index (χ3v) is 15.4. The second-order valence-corrected chi connectivity index (χ2v) is 20.1. The quantitative estimate of drug-likeness (QED) is 0.0983. The van der Waals surface area contributed by atoms with Crippen molar-refractivity contribution in [1.82, 2.24) is 31.1 Å². The first kappa shape index (κ1) is 44.2. The summed E-state index contributed by atoms with van der Waals surface area (Å²) >= 11 is 0. The lowest BCUT2D eigenvalue weighted by Crippen LogP contribution is -2.43. The minimum Gasteiger partial charge on any atom is -0.507 e. The molecule has 69 heavy (non-hydrogen) atoms. The van der Waals surface area contributed by atoms with Crippen LogP contribution in [0.5, 0.6) is 5.75 Å². The summed E-state index contributed by atoms with van der Waals surface area (Å²) in [4.78, 5) is 87.4. The maximum absolute atomic E-state index is 14.3. The topological polar surface area (TPSA) is 177 Å². The number of hydrogen-bond acceptors (Lipinski definition) is 7. The Bertz CT molecular complexity index is 2630. The minimum atomic E-state index is -0.818. The molecule has 6 aliphatic rings. The average Bonchev–Trinajstić information content (AvgIpc) is 4.31. The van der Waals surface area contributed by atoms with Crippen molar-refractivity contribution in [1.29, 1.82) is 0 Å². The van der Waals surface area contributed by atoms with Gasteiger partial charge in [-0.25, -0.2) is 0 Å². The molecule has 13 heteroatoms. The third kappa shape index (κ3) is 9.34. The fourth-order valence-corrected chi connectivity index (χ4v) is 11.1. The second kappa shape index (κ2) is 18.3. The standard InChI is InChI=1S/C56H56N6O7/c63-50-23-36(55(68)61-28-42(51(64)57-46-24-38(46)32-13-5-1-6-14-32)43(29-61)52(65)58-47-25-39(47)33-15-7-2-8-16-33)21-22-37(50)56(69)62-30-44(53(66)59-48-26-40(48)34-17-9-3-10-18-34)45(31-62)54(67)60-49-27-41(49)35-19-11-4-12-20-35/h1-23,38-49,63H,24-31H2,(H,57,64)(H,58,65)(H,59,66)(H,60,67)/t38-,39-,40-,41-,42-,43-,44-,45-,46+,47+,48+,49+/m1/s1. The number of benzene rings is 5. The maximum Gasteiger partial charge on any atom is 0.257 e. The van der Waals surface area contributed by atoms with E-state index in [1.807, 2.05) is 121 Å².